The molecule has 3 aliphatic heterocycles. The van der Waals surface area contributed by atoms with E-state index in [1.165, 1.54) is 0 Å². The maximum atomic E-state index is 13.7. The Bertz CT molecular complexity index is 763. The van der Waals surface area contributed by atoms with Crippen LogP contribution in [0.25, 0.3) is 0 Å². The first-order chi connectivity index (χ1) is 14.6. The van der Waals surface area contributed by atoms with Gasteiger partial charge in [0.15, 0.2) is 0 Å². The van der Waals surface area contributed by atoms with Gasteiger partial charge in [0.1, 0.15) is 6.04 Å². The van der Waals surface area contributed by atoms with E-state index in [0.717, 1.165) is 31.2 Å². The number of amides is 3. The van der Waals surface area contributed by atoms with Crippen LogP contribution in [0.2, 0.25) is 0 Å². The van der Waals surface area contributed by atoms with E-state index in [-0.39, 0.29) is 23.6 Å². The zero-order chi connectivity index (χ0) is 20.9. The van der Waals surface area contributed by atoms with E-state index in [9.17, 15) is 14.4 Å². The molecule has 162 valence electrons. The van der Waals surface area contributed by atoms with Gasteiger partial charge in [-0.05, 0) is 31.2 Å². The Labute approximate surface area is 177 Å². The zero-order valence-electron chi connectivity index (χ0n) is 17.5. The van der Waals surface area contributed by atoms with E-state index in [1.54, 1.807) is 4.90 Å². The summed E-state index contributed by atoms with van der Waals surface area (Å²) in [4.78, 5) is 44.7. The Kier molecular flexibility index (Phi) is 6.67. The van der Waals surface area contributed by atoms with Crippen LogP contribution in [-0.4, -0.2) is 78.4 Å². The Morgan fingerprint density at radius 3 is 2.43 bits per heavy atom. The summed E-state index contributed by atoms with van der Waals surface area (Å²) in [5.41, 5.74) is 0.847. The number of likely N-dealkylation sites (tertiary alicyclic amines) is 2. The van der Waals surface area contributed by atoms with Crippen molar-refractivity contribution in [3.63, 3.8) is 0 Å². The lowest BCUT2D eigenvalue weighted by molar-refractivity contribution is -0.151. The minimum Gasteiger partial charge on any atom is -0.378 e. The van der Waals surface area contributed by atoms with Gasteiger partial charge in [0, 0.05) is 39.1 Å². The van der Waals surface area contributed by atoms with E-state index in [4.69, 9.17) is 4.74 Å². The number of ether oxygens (including phenoxy) is 1. The zero-order valence-corrected chi connectivity index (χ0v) is 17.5. The van der Waals surface area contributed by atoms with Crippen molar-refractivity contribution in [3.8, 4) is 0 Å². The maximum Gasteiger partial charge on any atom is 0.250 e. The van der Waals surface area contributed by atoms with Gasteiger partial charge < -0.3 is 19.4 Å². The molecule has 3 saturated heterocycles. The number of rotatable bonds is 4. The highest BCUT2D eigenvalue weighted by atomic mass is 16.5. The summed E-state index contributed by atoms with van der Waals surface area (Å²) in [5.74, 6) is -0.0623. The molecule has 7 nitrogen and oxygen atoms in total. The highest BCUT2D eigenvalue weighted by molar-refractivity contribution is 5.89. The van der Waals surface area contributed by atoms with Crippen molar-refractivity contribution < 1.29 is 19.1 Å². The molecule has 0 radical (unpaired) electrons. The first-order valence-corrected chi connectivity index (χ1v) is 11.1. The monoisotopic (exact) mass is 413 g/mol. The summed E-state index contributed by atoms with van der Waals surface area (Å²) < 4.78 is 5.36. The van der Waals surface area contributed by atoms with Crippen molar-refractivity contribution in [1.29, 1.82) is 0 Å². The molecule has 4 rings (SSSR count). The molecular weight excluding hydrogens is 382 g/mol. The van der Waals surface area contributed by atoms with Gasteiger partial charge in [-0.2, -0.15) is 0 Å². The van der Waals surface area contributed by atoms with Crippen molar-refractivity contribution in [3.05, 3.63) is 35.9 Å². The lowest BCUT2D eigenvalue weighted by Gasteiger charge is -2.40. The molecule has 7 heteroatoms. The average Bonchev–Trinajstić information content (AvgIpc) is 2.81. The molecule has 0 aromatic heterocycles. The normalized spacial score (nSPS) is 23.9. The molecule has 0 bridgehead atoms. The van der Waals surface area contributed by atoms with E-state index in [0.29, 0.717) is 52.4 Å². The predicted octanol–water partition coefficient (Wildman–Crippen LogP) is 1.84. The Balaban J connectivity index is 1.52. The molecule has 2 unspecified atom stereocenters. The molecule has 0 aliphatic carbocycles. The van der Waals surface area contributed by atoms with E-state index < -0.39 is 6.04 Å². The van der Waals surface area contributed by atoms with Gasteiger partial charge in [0.05, 0.1) is 19.1 Å². The number of benzene rings is 1. The number of nitrogens with zero attached hydrogens (tertiary/aromatic N) is 3. The minimum atomic E-state index is -0.601. The van der Waals surface area contributed by atoms with Crippen LogP contribution in [0.3, 0.4) is 0 Å². The fourth-order valence-electron chi connectivity index (χ4n) is 4.78. The van der Waals surface area contributed by atoms with E-state index in [1.807, 2.05) is 40.1 Å². The van der Waals surface area contributed by atoms with Gasteiger partial charge in [-0.25, -0.2) is 0 Å². The molecule has 0 N–H and O–H groups in total. The lowest BCUT2D eigenvalue weighted by Crippen LogP contribution is -2.52. The van der Waals surface area contributed by atoms with Crippen molar-refractivity contribution in [2.24, 2.45) is 5.92 Å². The Hall–Kier alpha value is -2.41. The number of piperidine rings is 2. The molecule has 3 heterocycles. The molecule has 3 fully saturated rings. The summed E-state index contributed by atoms with van der Waals surface area (Å²) in [7, 11) is 0. The summed E-state index contributed by atoms with van der Waals surface area (Å²) in [6, 6.07) is 8.98. The third kappa shape index (κ3) is 4.51. The quantitative estimate of drug-likeness (QED) is 0.755. The lowest BCUT2D eigenvalue weighted by atomic mass is 9.94. The van der Waals surface area contributed by atoms with Crippen LogP contribution >= 0.6 is 0 Å². The SMILES string of the molecule is O=C(C1CCCN(C(=O)C(c2ccccc2)N2CCCCC2=O)C1)N1CCOCC1. The van der Waals surface area contributed by atoms with Crippen molar-refractivity contribution in [1.82, 2.24) is 14.7 Å². The number of carbonyl (C=O) groups excluding carboxylic acids is 3. The van der Waals surface area contributed by atoms with Crippen LogP contribution in [0, 0.1) is 5.92 Å². The van der Waals surface area contributed by atoms with Crippen LogP contribution in [0.5, 0.6) is 0 Å². The molecule has 0 saturated carbocycles. The van der Waals surface area contributed by atoms with E-state index >= 15 is 0 Å². The molecule has 1 aromatic carbocycles. The minimum absolute atomic E-state index is 0.0430. The largest absolute Gasteiger partial charge is 0.378 e. The molecule has 0 spiro atoms. The van der Waals surface area contributed by atoms with Crippen LogP contribution in [-0.2, 0) is 19.1 Å². The summed E-state index contributed by atoms with van der Waals surface area (Å²) in [5, 5.41) is 0. The first-order valence-electron chi connectivity index (χ1n) is 11.1. The third-order valence-electron chi connectivity index (χ3n) is 6.43. The van der Waals surface area contributed by atoms with Crippen molar-refractivity contribution in [2.75, 3.05) is 45.9 Å². The predicted molar refractivity (Wildman–Crippen MR) is 111 cm³/mol. The highest BCUT2D eigenvalue weighted by Crippen LogP contribution is 2.30. The number of hydrogen-bond donors (Lipinski definition) is 0. The topological polar surface area (TPSA) is 70.2 Å². The van der Waals surface area contributed by atoms with Gasteiger partial charge in [0.2, 0.25) is 17.7 Å². The van der Waals surface area contributed by atoms with Crippen LogP contribution < -0.4 is 0 Å². The number of morpholine rings is 1. The molecule has 3 amide bonds. The fraction of sp³-hybridized carbons (Fsp3) is 0.609. The van der Waals surface area contributed by atoms with Crippen molar-refractivity contribution in [2.45, 2.75) is 38.1 Å². The maximum absolute atomic E-state index is 13.7. The molecule has 2 atom stereocenters. The van der Waals surface area contributed by atoms with Crippen LogP contribution in [0.15, 0.2) is 30.3 Å². The molecule has 3 aliphatic rings. The summed E-state index contributed by atoms with van der Waals surface area (Å²) in [6.07, 6.45) is 3.90. The van der Waals surface area contributed by atoms with Crippen molar-refractivity contribution >= 4 is 17.7 Å². The number of carbonyl (C=O) groups is 3. The third-order valence-corrected chi connectivity index (χ3v) is 6.43. The van der Waals surface area contributed by atoms with E-state index in [2.05, 4.69) is 0 Å². The van der Waals surface area contributed by atoms with Gasteiger partial charge >= 0.3 is 0 Å². The smallest absolute Gasteiger partial charge is 0.250 e. The summed E-state index contributed by atoms with van der Waals surface area (Å²) in [6.45, 7) is 4.07. The Morgan fingerprint density at radius 1 is 0.933 bits per heavy atom. The summed E-state index contributed by atoms with van der Waals surface area (Å²) >= 11 is 0. The van der Waals surface area contributed by atoms with Gasteiger partial charge in [0.25, 0.3) is 0 Å². The second-order valence-electron chi connectivity index (χ2n) is 8.42. The van der Waals surface area contributed by atoms with Gasteiger partial charge in [-0.3, -0.25) is 14.4 Å². The van der Waals surface area contributed by atoms with Gasteiger partial charge in [-0.15, -0.1) is 0 Å². The fourth-order valence-corrected chi connectivity index (χ4v) is 4.78. The second-order valence-corrected chi connectivity index (χ2v) is 8.42. The second kappa shape index (κ2) is 9.60. The Morgan fingerprint density at radius 2 is 1.70 bits per heavy atom. The average molecular weight is 414 g/mol. The highest BCUT2D eigenvalue weighted by Gasteiger charge is 2.38. The molecule has 30 heavy (non-hydrogen) atoms. The van der Waals surface area contributed by atoms with Crippen LogP contribution in [0.4, 0.5) is 0 Å². The molecular formula is C23H31N3O4. The van der Waals surface area contributed by atoms with Crippen LogP contribution in [0.1, 0.15) is 43.7 Å². The first kappa shape index (κ1) is 20.8. The van der Waals surface area contributed by atoms with Gasteiger partial charge in [-0.1, -0.05) is 30.3 Å². The molecule has 1 aromatic rings. The number of hydrogen-bond acceptors (Lipinski definition) is 4. The standard InChI is InChI=1S/C23H31N3O4/c27-20-10-4-5-12-26(20)21(18-7-2-1-3-8-18)23(29)25-11-6-9-19(17-25)22(28)24-13-15-30-16-14-24/h1-3,7-8,19,21H,4-6,9-17H2.